The molecule has 1 aliphatic carbocycles. The number of aryl methyl sites for hydroxylation is 1. The van der Waals surface area contributed by atoms with Crippen LogP contribution in [0.25, 0.3) is 32.9 Å². The Labute approximate surface area is 336 Å². The van der Waals surface area contributed by atoms with Gasteiger partial charge < -0.3 is 23.7 Å². The number of carbonyl (C=O) groups excluding carboxylic acids is 4. The SMILES string of the molecule is Cn1c2ccncc2c2ccc(-c3ccc(OC4CC(OCCCOCCCN5CCN(c6ccc7c(c6)C(=O)N(C6CCC(=O)NC6=O)C7=O)CC5)C4)nc3)cc21. The van der Waals surface area contributed by atoms with Crippen LogP contribution in [0.15, 0.2) is 73.2 Å². The van der Waals surface area contributed by atoms with Crippen LogP contribution in [0.5, 0.6) is 5.88 Å². The Morgan fingerprint density at radius 3 is 2.40 bits per heavy atom. The number of piperazine rings is 1. The van der Waals surface area contributed by atoms with Gasteiger partial charge in [-0.25, -0.2) is 4.98 Å². The lowest BCUT2D eigenvalue weighted by atomic mass is 9.92. The number of piperidine rings is 1. The van der Waals surface area contributed by atoms with Gasteiger partial charge in [0.25, 0.3) is 11.8 Å². The Balaban J connectivity index is 0.629. The minimum Gasteiger partial charge on any atom is -0.474 e. The van der Waals surface area contributed by atoms with Crippen LogP contribution in [0.4, 0.5) is 5.69 Å². The second kappa shape index (κ2) is 16.3. The Morgan fingerprint density at radius 2 is 1.59 bits per heavy atom. The highest BCUT2D eigenvalue weighted by molar-refractivity contribution is 6.23. The van der Waals surface area contributed by atoms with Crippen LogP contribution in [0, 0.1) is 0 Å². The average Bonchev–Trinajstić information content (AvgIpc) is 3.65. The van der Waals surface area contributed by atoms with E-state index in [0.29, 0.717) is 36.8 Å². The summed E-state index contributed by atoms with van der Waals surface area (Å²) in [5.74, 6) is -1.32. The minimum absolute atomic E-state index is 0.0980. The molecule has 14 heteroatoms. The zero-order valence-corrected chi connectivity index (χ0v) is 32.6. The number of carbonyl (C=O) groups is 4. The predicted octanol–water partition coefficient (Wildman–Crippen LogP) is 4.74. The van der Waals surface area contributed by atoms with Crippen molar-refractivity contribution in [3.8, 4) is 17.0 Å². The Kier molecular flexibility index (Phi) is 10.6. The van der Waals surface area contributed by atoms with Crippen LogP contribution in [-0.4, -0.2) is 119 Å². The van der Waals surface area contributed by atoms with Crippen LogP contribution in [-0.2, 0) is 26.1 Å². The van der Waals surface area contributed by atoms with E-state index in [2.05, 4.69) is 61.0 Å². The van der Waals surface area contributed by atoms with Crippen LogP contribution in [0.3, 0.4) is 0 Å². The molecular weight excluding hydrogens is 739 g/mol. The van der Waals surface area contributed by atoms with E-state index in [-0.39, 0.29) is 31.0 Å². The van der Waals surface area contributed by atoms with Gasteiger partial charge in [-0.05, 0) is 61.2 Å². The van der Waals surface area contributed by atoms with Crippen molar-refractivity contribution in [2.24, 2.45) is 7.05 Å². The summed E-state index contributed by atoms with van der Waals surface area (Å²) in [4.78, 5) is 64.8. The number of amides is 4. The summed E-state index contributed by atoms with van der Waals surface area (Å²) in [7, 11) is 2.09. The molecule has 0 bridgehead atoms. The van der Waals surface area contributed by atoms with Crippen LogP contribution in [0.1, 0.15) is 59.2 Å². The van der Waals surface area contributed by atoms with Gasteiger partial charge >= 0.3 is 0 Å². The Morgan fingerprint density at radius 1 is 0.776 bits per heavy atom. The number of hydrogen-bond donors (Lipinski definition) is 1. The van der Waals surface area contributed by atoms with Crippen LogP contribution >= 0.6 is 0 Å². The quantitative estimate of drug-likeness (QED) is 0.123. The normalized spacial score (nSPS) is 21.2. The highest BCUT2D eigenvalue weighted by atomic mass is 16.5. The molecule has 300 valence electrons. The van der Waals surface area contributed by atoms with E-state index < -0.39 is 23.8 Å². The number of ether oxygens (including phenoxy) is 3. The van der Waals surface area contributed by atoms with E-state index >= 15 is 0 Å². The molecule has 3 fully saturated rings. The molecule has 5 aromatic rings. The summed E-state index contributed by atoms with van der Waals surface area (Å²) in [6, 6.07) is 16.9. The maximum absolute atomic E-state index is 13.2. The fourth-order valence-electron chi connectivity index (χ4n) is 8.56. The molecule has 1 unspecified atom stereocenters. The number of anilines is 1. The number of hydrogen-bond acceptors (Lipinski definition) is 11. The van der Waals surface area contributed by atoms with Crippen molar-refractivity contribution in [2.75, 3.05) is 57.4 Å². The summed E-state index contributed by atoms with van der Waals surface area (Å²) >= 11 is 0. The summed E-state index contributed by atoms with van der Waals surface area (Å²) in [5.41, 5.74) is 5.98. The molecule has 9 rings (SSSR count). The molecule has 4 aliphatic rings. The molecule has 58 heavy (non-hydrogen) atoms. The third-order valence-electron chi connectivity index (χ3n) is 11.9. The fourth-order valence-corrected chi connectivity index (χ4v) is 8.56. The highest BCUT2D eigenvalue weighted by Crippen LogP contribution is 2.34. The maximum atomic E-state index is 13.2. The van der Waals surface area contributed by atoms with E-state index in [9.17, 15) is 19.2 Å². The molecule has 6 heterocycles. The number of rotatable bonds is 14. The molecule has 14 nitrogen and oxygen atoms in total. The first-order chi connectivity index (χ1) is 28.3. The van der Waals surface area contributed by atoms with Crippen molar-refractivity contribution < 1.29 is 33.4 Å². The van der Waals surface area contributed by atoms with Crippen molar-refractivity contribution >= 4 is 51.1 Å². The number of benzene rings is 2. The zero-order chi connectivity index (χ0) is 39.8. The summed E-state index contributed by atoms with van der Waals surface area (Å²) in [6.45, 7) is 6.35. The van der Waals surface area contributed by atoms with E-state index in [1.165, 1.54) is 10.9 Å². The second-order valence-corrected chi connectivity index (χ2v) is 15.6. The third kappa shape index (κ3) is 7.54. The molecule has 2 aromatic carbocycles. The molecule has 3 aromatic heterocycles. The highest BCUT2D eigenvalue weighted by Gasteiger charge is 2.45. The standard InChI is InChI=1S/C44H47N7O7/c1-48-37-12-13-45-27-36(37)33-7-4-28(22-39(33)48)29-5-11-41(46-26-29)58-32-24-31(25-32)57-21-3-20-56-19-2-14-49-15-17-50(18-16-49)30-6-8-34-35(23-30)44(55)51(43(34)54)38-9-10-40(52)47-42(38)53/h4-8,11-13,22-23,26-27,31-32,38H,2-3,9-10,14-21,24-25H2,1H3,(H,47,52,53). The Bertz CT molecular complexity index is 2370. The Hall–Kier alpha value is -5.70. The smallest absolute Gasteiger partial charge is 0.262 e. The van der Waals surface area contributed by atoms with Crippen LogP contribution in [0.2, 0.25) is 0 Å². The number of imide groups is 2. The van der Waals surface area contributed by atoms with Gasteiger partial charge in [0.15, 0.2) is 0 Å². The number of pyridine rings is 2. The minimum atomic E-state index is -0.964. The van der Waals surface area contributed by atoms with Gasteiger partial charge in [-0.3, -0.25) is 39.3 Å². The lowest BCUT2D eigenvalue weighted by Crippen LogP contribution is -2.54. The molecule has 1 atom stereocenters. The van der Waals surface area contributed by atoms with Gasteiger partial charge in [0.2, 0.25) is 17.7 Å². The van der Waals surface area contributed by atoms with Gasteiger partial charge in [-0.15, -0.1) is 0 Å². The number of nitrogens with one attached hydrogen (secondary N) is 1. The number of fused-ring (bicyclic) bond motifs is 4. The maximum Gasteiger partial charge on any atom is 0.262 e. The molecule has 4 amide bonds. The molecule has 1 N–H and O–H groups in total. The van der Waals surface area contributed by atoms with Crippen LogP contribution < -0.4 is 15.0 Å². The molecule has 0 spiro atoms. The van der Waals surface area contributed by atoms with Gasteiger partial charge in [-0.1, -0.05) is 12.1 Å². The van der Waals surface area contributed by atoms with Crippen molar-refractivity contribution in [3.05, 3.63) is 84.3 Å². The van der Waals surface area contributed by atoms with Gasteiger partial charge in [-0.2, -0.15) is 0 Å². The lowest BCUT2D eigenvalue weighted by Gasteiger charge is -2.36. The molecule has 1 saturated carbocycles. The topological polar surface area (TPSA) is 148 Å². The van der Waals surface area contributed by atoms with Gasteiger partial charge in [0.1, 0.15) is 12.1 Å². The van der Waals surface area contributed by atoms with E-state index in [1.807, 2.05) is 36.8 Å². The average molecular weight is 786 g/mol. The third-order valence-corrected chi connectivity index (χ3v) is 11.9. The van der Waals surface area contributed by atoms with Gasteiger partial charge in [0.05, 0.1) is 22.7 Å². The van der Waals surface area contributed by atoms with Crippen molar-refractivity contribution in [3.63, 3.8) is 0 Å². The summed E-state index contributed by atoms with van der Waals surface area (Å²) in [6.07, 6.45) is 9.71. The van der Waals surface area contributed by atoms with Gasteiger partial charge in [0, 0.05) is 131 Å². The van der Waals surface area contributed by atoms with Crippen molar-refractivity contribution in [2.45, 2.75) is 56.8 Å². The molecule has 3 aliphatic heterocycles. The molecular formula is C44H47N7O7. The largest absolute Gasteiger partial charge is 0.474 e. The monoisotopic (exact) mass is 785 g/mol. The number of aromatic nitrogens is 3. The zero-order valence-electron chi connectivity index (χ0n) is 32.6. The van der Waals surface area contributed by atoms with Crippen molar-refractivity contribution in [1.82, 2.24) is 29.7 Å². The number of nitrogens with zero attached hydrogens (tertiary/aromatic N) is 6. The first kappa shape index (κ1) is 37.9. The first-order valence-corrected chi connectivity index (χ1v) is 20.3. The summed E-state index contributed by atoms with van der Waals surface area (Å²) < 4.78 is 20.3. The van der Waals surface area contributed by atoms with E-state index in [4.69, 9.17) is 14.2 Å². The predicted molar refractivity (Wildman–Crippen MR) is 217 cm³/mol. The summed E-state index contributed by atoms with van der Waals surface area (Å²) in [5, 5.41) is 4.59. The first-order valence-electron chi connectivity index (χ1n) is 20.3. The van der Waals surface area contributed by atoms with Crippen molar-refractivity contribution in [1.29, 1.82) is 0 Å². The fraction of sp³-hybridized carbons (Fsp3) is 0.409. The lowest BCUT2D eigenvalue weighted by molar-refractivity contribution is -0.136. The molecule has 2 saturated heterocycles. The molecule has 0 radical (unpaired) electrons. The van der Waals surface area contributed by atoms with E-state index in [0.717, 1.165) is 91.0 Å². The van der Waals surface area contributed by atoms with E-state index in [1.54, 1.807) is 12.1 Å². The second-order valence-electron chi connectivity index (χ2n) is 15.6.